The molecule has 0 aliphatic rings. The molecule has 0 fully saturated rings. The van der Waals surface area contributed by atoms with Gasteiger partial charge in [0.25, 0.3) is 0 Å². The lowest BCUT2D eigenvalue weighted by molar-refractivity contribution is -0.115. The van der Waals surface area contributed by atoms with Gasteiger partial charge in [0.05, 0.1) is 25.3 Å². The van der Waals surface area contributed by atoms with Crippen molar-refractivity contribution in [3.05, 3.63) is 66.4 Å². The number of carbonyl (C=O) groups excluding carboxylic acids is 1. The number of carbonyl (C=O) groups is 1. The third-order valence-electron chi connectivity index (χ3n) is 4.87. The number of aromatic nitrogens is 4. The van der Waals surface area contributed by atoms with E-state index < -0.39 is 0 Å². The normalized spacial score (nSPS) is 10.9. The number of hydrogen-bond donors (Lipinski definition) is 1. The minimum absolute atomic E-state index is 0.139. The summed E-state index contributed by atoms with van der Waals surface area (Å²) in [6.45, 7) is 0. The summed E-state index contributed by atoms with van der Waals surface area (Å²) in [4.78, 5) is 21.5. The van der Waals surface area contributed by atoms with Gasteiger partial charge >= 0.3 is 0 Å². The zero-order valence-electron chi connectivity index (χ0n) is 18.5. The van der Waals surface area contributed by atoms with Crippen LogP contribution in [-0.2, 0) is 4.79 Å². The number of nitrogens with zero attached hydrogens (tertiary/aromatic N) is 4. The Hall–Kier alpha value is -3.96. The molecule has 1 amide bonds. The maximum Gasteiger partial charge on any atom is 0.226 e. The van der Waals surface area contributed by atoms with Gasteiger partial charge < -0.3 is 18.9 Å². The summed E-state index contributed by atoms with van der Waals surface area (Å²) in [6.07, 6.45) is 3.40. The Balaban J connectivity index is 1.19. The van der Waals surface area contributed by atoms with E-state index in [1.54, 1.807) is 43.9 Å². The van der Waals surface area contributed by atoms with Crippen LogP contribution >= 0.6 is 23.1 Å². The van der Waals surface area contributed by atoms with Crippen LogP contribution in [0.25, 0.3) is 34.2 Å². The Morgan fingerprint density at radius 2 is 1.74 bits per heavy atom. The van der Waals surface area contributed by atoms with Crippen molar-refractivity contribution in [3.63, 3.8) is 0 Å². The lowest BCUT2D eigenvalue weighted by Gasteiger charge is -2.05. The molecule has 0 aliphatic carbocycles. The molecule has 0 saturated carbocycles. The van der Waals surface area contributed by atoms with Gasteiger partial charge in [0.15, 0.2) is 22.3 Å². The van der Waals surface area contributed by atoms with Crippen LogP contribution in [0.5, 0.6) is 5.75 Å². The van der Waals surface area contributed by atoms with Crippen molar-refractivity contribution in [1.29, 1.82) is 0 Å². The summed E-state index contributed by atoms with van der Waals surface area (Å²) in [7, 11) is 1.63. The summed E-state index contributed by atoms with van der Waals surface area (Å²) in [5.41, 5.74) is 2.77. The van der Waals surface area contributed by atoms with E-state index in [4.69, 9.17) is 13.6 Å². The molecule has 176 valence electrons. The monoisotopic (exact) mass is 505 g/mol. The van der Waals surface area contributed by atoms with E-state index in [0.29, 0.717) is 38.9 Å². The maximum absolute atomic E-state index is 12.4. The Morgan fingerprint density at radius 1 is 1.00 bits per heavy atom. The van der Waals surface area contributed by atoms with Crippen molar-refractivity contribution in [2.75, 3.05) is 18.2 Å². The first-order valence-electron chi connectivity index (χ1n) is 10.5. The second kappa shape index (κ2) is 10.5. The Labute approximate surface area is 208 Å². The largest absolute Gasteiger partial charge is 0.497 e. The average molecular weight is 506 g/mol. The number of thioether (sulfide) groups is 1. The molecule has 0 radical (unpaired) electrons. The van der Waals surface area contributed by atoms with Gasteiger partial charge in [-0.2, -0.15) is 0 Å². The van der Waals surface area contributed by atoms with Crippen molar-refractivity contribution in [2.24, 2.45) is 0 Å². The number of ether oxygens (including phenoxy) is 1. The smallest absolute Gasteiger partial charge is 0.226 e. The first-order valence-corrected chi connectivity index (χ1v) is 12.4. The van der Waals surface area contributed by atoms with Crippen molar-refractivity contribution < 1.29 is 18.4 Å². The lowest BCUT2D eigenvalue weighted by Crippen LogP contribution is -2.12. The van der Waals surface area contributed by atoms with E-state index in [2.05, 4.69) is 25.5 Å². The van der Waals surface area contributed by atoms with Gasteiger partial charge in [-0.25, -0.2) is 9.97 Å². The third kappa shape index (κ3) is 5.42. The zero-order valence-corrected chi connectivity index (χ0v) is 20.1. The molecule has 9 nitrogen and oxygen atoms in total. The second-order valence-corrected chi connectivity index (χ2v) is 9.08. The average Bonchev–Trinajstić information content (AvgIpc) is 3.67. The van der Waals surface area contributed by atoms with Crippen LogP contribution in [0.3, 0.4) is 0 Å². The van der Waals surface area contributed by atoms with Gasteiger partial charge in [-0.3, -0.25) is 4.79 Å². The predicted molar refractivity (Wildman–Crippen MR) is 133 cm³/mol. The Bertz CT molecular complexity index is 1400. The van der Waals surface area contributed by atoms with Gasteiger partial charge in [0.2, 0.25) is 11.1 Å². The molecule has 0 unspecified atom stereocenters. The minimum Gasteiger partial charge on any atom is -0.497 e. The van der Waals surface area contributed by atoms with Crippen molar-refractivity contribution >= 4 is 34.1 Å². The number of furan rings is 2. The van der Waals surface area contributed by atoms with Crippen LogP contribution in [-0.4, -0.2) is 38.9 Å². The molecule has 5 aromatic rings. The molecule has 0 saturated heterocycles. The molecular weight excluding hydrogens is 486 g/mol. The van der Waals surface area contributed by atoms with Crippen LogP contribution < -0.4 is 10.1 Å². The van der Waals surface area contributed by atoms with Gasteiger partial charge in [0.1, 0.15) is 11.4 Å². The summed E-state index contributed by atoms with van der Waals surface area (Å²) in [5, 5.41) is 14.2. The predicted octanol–water partition coefficient (Wildman–Crippen LogP) is 5.64. The number of methoxy groups -OCH3 is 1. The molecule has 11 heteroatoms. The highest BCUT2D eigenvalue weighted by atomic mass is 32.2. The topological polar surface area (TPSA) is 116 Å². The van der Waals surface area contributed by atoms with E-state index >= 15 is 0 Å². The summed E-state index contributed by atoms with van der Waals surface area (Å²) < 4.78 is 16.1. The van der Waals surface area contributed by atoms with Gasteiger partial charge in [0, 0.05) is 23.1 Å². The summed E-state index contributed by atoms with van der Waals surface area (Å²) in [6, 6.07) is 14.7. The third-order valence-corrected chi connectivity index (χ3v) is 6.47. The van der Waals surface area contributed by atoms with Crippen LogP contribution in [0.1, 0.15) is 6.42 Å². The number of anilines is 1. The van der Waals surface area contributed by atoms with Gasteiger partial charge in [-0.05, 0) is 48.5 Å². The Morgan fingerprint density at radius 3 is 2.43 bits per heavy atom. The number of nitrogens with one attached hydrogen (secondary N) is 1. The molecule has 0 bridgehead atoms. The molecule has 1 aromatic carbocycles. The standard InChI is InChI=1S/C24H19N5O4S2/c1-31-16-8-6-15(7-9-16)17-14-35-23(25-17)26-20(30)10-13-34-24-27-21(18-4-2-11-32-18)22(28-29-24)19-5-3-12-33-19/h2-9,11-12,14H,10,13H2,1H3,(H,25,26,30). The quantitative estimate of drug-likeness (QED) is 0.254. The fourth-order valence-corrected chi connectivity index (χ4v) is 4.64. The van der Waals surface area contributed by atoms with Crippen LogP contribution in [0.2, 0.25) is 0 Å². The van der Waals surface area contributed by atoms with Crippen molar-refractivity contribution in [2.45, 2.75) is 11.6 Å². The molecule has 0 spiro atoms. The second-order valence-electron chi connectivity index (χ2n) is 7.16. The first kappa shape index (κ1) is 22.8. The zero-order chi connectivity index (χ0) is 24.0. The number of hydrogen-bond acceptors (Lipinski definition) is 10. The van der Waals surface area contributed by atoms with E-state index in [-0.39, 0.29) is 12.3 Å². The van der Waals surface area contributed by atoms with Crippen molar-refractivity contribution in [3.8, 4) is 39.9 Å². The Kier molecular flexibility index (Phi) is 6.87. The molecule has 0 aliphatic heterocycles. The summed E-state index contributed by atoms with van der Waals surface area (Å²) in [5.74, 6) is 2.22. The highest BCUT2D eigenvalue weighted by Crippen LogP contribution is 2.31. The van der Waals surface area contributed by atoms with Crippen LogP contribution in [0.15, 0.2) is 80.4 Å². The van der Waals surface area contributed by atoms with Crippen molar-refractivity contribution in [1.82, 2.24) is 20.2 Å². The fraction of sp³-hybridized carbons (Fsp3) is 0.125. The SMILES string of the molecule is COc1ccc(-c2csc(NC(=O)CCSc3nnc(-c4ccco4)c(-c4ccco4)n3)n2)cc1. The lowest BCUT2D eigenvalue weighted by atomic mass is 10.2. The highest BCUT2D eigenvalue weighted by Gasteiger charge is 2.18. The number of benzene rings is 1. The van der Waals surface area contributed by atoms with E-state index in [9.17, 15) is 4.79 Å². The maximum atomic E-state index is 12.4. The van der Waals surface area contributed by atoms with Crippen LogP contribution in [0.4, 0.5) is 5.13 Å². The van der Waals surface area contributed by atoms with E-state index in [0.717, 1.165) is 17.0 Å². The highest BCUT2D eigenvalue weighted by molar-refractivity contribution is 7.99. The first-order chi connectivity index (χ1) is 17.2. The van der Waals surface area contributed by atoms with Crippen LogP contribution in [0, 0.1) is 0 Å². The molecule has 4 heterocycles. The molecule has 0 atom stereocenters. The number of rotatable bonds is 9. The fourth-order valence-electron chi connectivity index (χ4n) is 3.18. The van der Waals surface area contributed by atoms with Gasteiger partial charge in [-0.1, -0.05) is 11.8 Å². The molecule has 35 heavy (non-hydrogen) atoms. The van der Waals surface area contributed by atoms with Gasteiger partial charge in [-0.15, -0.1) is 21.5 Å². The number of amides is 1. The molecule has 5 rings (SSSR count). The summed E-state index contributed by atoms with van der Waals surface area (Å²) >= 11 is 2.71. The molecule has 1 N–H and O–H groups in total. The molecular formula is C24H19N5O4S2. The van der Waals surface area contributed by atoms with E-state index in [1.165, 1.54) is 23.1 Å². The minimum atomic E-state index is -0.139. The van der Waals surface area contributed by atoms with E-state index in [1.807, 2.05) is 29.6 Å². The number of thiazole rings is 1. The molecule has 4 aromatic heterocycles.